The third-order valence-corrected chi connectivity index (χ3v) is 1.87. The van der Waals surface area contributed by atoms with Crippen molar-refractivity contribution in [3.05, 3.63) is 6.42 Å². The standard InChI is InChI=1S/C7H13.BrH.Mg/c1-2-7-5-3-4-6-7;;/h2,7H,3-6H2,1H3;1H;/q-1;;+2/p-1. The number of hydrogen-bond donors (Lipinski definition) is 0. The van der Waals surface area contributed by atoms with Gasteiger partial charge in [0.1, 0.15) is 0 Å². The third-order valence-electron chi connectivity index (χ3n) is 1.87. The summed E-state index contributed by atoms with van der Waals surface area (Å²) in [7, 11) is 0. The molecule has 0 nitrogen and oxygen atoms in total. The molecule has 1 saturated carbocycles. The van der Waals surface area contributed by atoms with Crippen molar-refractivity contribution in [1.82, 2.24) is 0 Å². The summed E-state index contributed by atoms with van der Waals surface area (Å²) in [6.45, 7) is 2.18. The summed E-state index contributed by atoms with van der Waals surface area (Å²) in [5, 5.41) is 0. The largest absolute Gasteiger partial charge is 2.00 e. The molecule has 0 saturated heterocycles. The van der Waals surface area contributed by atoms with E-state index in [1.807, 2.05) is 0 Å². The van der Waals surface area contributed by atoms with Crippen molar-refractivity contribution < 1.29 is 17.0 Å². The van der Waals surface area contributed by atoms with Crippen LogP contribution in [0.2, 0.25) is 0 Å². The van der Waals surface area contributed by atoms with Gasteiger partial charge in [-0.25, -0.2) is 0 Å². The van der Waals surface area contributed by atoms with Crippen LogP contribution in [-0.2, 0) is 0 Å². The average molecular weight is 201 g/mol. The first-order valence-corrected chi connectivity index (χ1v) is 3.23. The van der Waals surface area contributed by atoms with E-state index in [0.29, 0.717) is 0 Å². The third kappa shape index (κ3) is 4.62. The van der Waals surface area contributed by atoms with E-state index in [1.54, 1.807) is 0 Å². The fourth-order valence-electron chi connectivity index (χ4n) is 1.29. The molecule has 0 aromatic carbocycles. The van der Waals surface area contributed by atoms with E-state index in [1.165, 1.54) is 25.7 Å². The Morgan fingerprint density at radius 1 is 1.22 bits per heavy atom. The smallest absolute Gasteiger partial charge is 1.00 e. The molecule has 50 valence electrons. The van der Waals surface area contributed by atoms with Crippen LogP contribution in [0.25, 0.3) is 0 Å². The van der Waals surface area contributed by atoms with Crippen molar-refractivity contribution in [2.45, 2.75) is 32.6 Å². The molecule has 0 aromatic rings. The van der Waals surface area contributed by atoms with Gasteiger partial charge in [0.2, 0.25) is 0 Å². The van der Waals surface area contributed by atoms with E-state index < -0.39 is 0 Å². The second-order valence-electron chi connectivity index (χ2n) is 2.38. The molecule has 0 unspecified atom stereocenters. The zero-order valence-corrected chi connectivity index (χ0v) is 9.07. The molecule has 1 aliphatic carbocycles. The molecule has 1 aliphatic rings. The number of halogens is 1. The first-order valence-electron chi connectivity index (χ1n) is 3.23. The summed E-state index contributed by atoms with van der Waals surface area (Å²) in [5.74, 6) is 0.972. The average Bonchev–Trinajstić information content (AvgIpc) is 2.14. The SMILES string of the molecule is C[CH-]C1CCCC1.[Br-].[Mg+2]. The Labute approximate surface area is 84.7 Å². The van der Waals surface area contributed by atoms with Crippen LogP contribution in [0.4, 0.5) is 0 Å². The van der Waals surface area contributed by atoms with Gasteiger partial charge >= 0.3 is 23.1 Å². The second kappa shape index (κ2) is 7.35. The van der Waals surface area contributed by atoms with Crippen molar-refractivity contribution in [3.63, 3.8) is 0 Å². The summed E-state index contributed by atoms with van der Waals surface area (Å²) < 4.78 is 0. The predicted molar refractivity (Wildman–Crippen MR) is 37.7 cm³/mol. The maximum atomic E-state index is 2.34. The Kier molecular flexibility index (Phi) is 10.5. The Morgan fingerprint density at radius 2 is 1.67 bits per heavy atom. The monoisotopic (exact) mass is 200 g/mol. The van der Waals surface area contributed by atoms with Crippen LogP contribution < -0.4 is 17.0 Å². The van der Waals surface area contributed by atoms with Crippen molar-refractivity contribution in [2.75, 3.05) is 0 Å². The van der Waals surface area contributed by atoms with Crippen LogP contribution in [0.1, 0.15) is 32.6 Å². The molecule has 1 rings (SSSR count). The molecular weight excluding hydrogens is 188 g/mol. The topological polar surface area (TPSA) is 0 Å². The normalized spacial score (nSPS) is 18.3. The quantitative estimate of drug-likeness (QED) is 0.378. The first kappa shape index (κ1) is 12.9. The van der Waals surface area contributed by atoms with E-state index in [2.05, 4.69) is 13.3 Å². The summed E-state index contributed by atoms with van der Waals surface area (Å²) >= 11 is 0. The van der Waals surface area contributed by atoms with Gasteiger partial charge in [0.15, 0.2) is 0 Å². The molecule has 0 N–H and O–H groups in total. The van der Waals surface area contributed by atoms with Crippen LogP contribution in [0.15, 0.2) is 0 Å². The second-order valence-corrected chi connectivity index (χ2v) is 2.38. The van der Waals surface area contributed by atoms with Crippen LogP contribution in [0.3, 0.4) is 0 Å². The van der Waals surface area contributed by atoms with Crippen LogP contribution in [0.5, 0.6) is 0 Å². The van der Waals surface area contributed by atoms with E-state index in [-0.39, 0.29) is 40.0 Å². The van der Waals surface area contributed by atoms with Crippen LogP contribution in [-0.4, -0.2) is 23.1 Å². The maximum Gasteiger partial charge on any atom is 2.00 e. The van der Waals surface area contributed by atoms with E-state index in [4.69, 9.17) is 0 Å². The minimum Gasteiger partial charge on any atom is -1.00 e. The van der Waals surface area contributed by atoms with Gasteiger partial charge in [0.05, 0.1) is 0 Å². The Morgan fingerprint density at radius 3 is 1.89 bits per heavy atom. The Balaban J connectivity index is 0. The molecule has 0 atom stereocenters. The van der Waals surface area contributed by atoms with E-state index in [9.17, 15) is 0 Å². The molecule has 0 bridgehead atoms. The van der Waals surface area contributed by atoms with E-state index >= 15 is 0 Å². The van der Waals surface area contributed by atoms with Crippen molar-refractivity contribution in [3.8, 4) is 0 Å². The molecule has 9 heavy (non-hydrogen) atoms. The summed E-state index contributed by atoms with van der Waals surface area (Å²) in [6, 6.07) is 0. The Bertz CT molecular complexity index is 50.9. The molecule has 0 aliphatic heterocycles. The maximum absolute atomic E-state index is 2.34. The predicted octanol–water partition coefficient (Wildman–Crippen LogP) is -0.976. The van der Waals surface area contributed by atoms with Crippen molar-refractivity contribution >= 4 is 23.1 Å². The van der Waals surface area contributed by atoms with Gasteiger partial charge in [-0.05, 0) is 0 Å². The molecule has 0 spiro atoms. The van der Waals surface area contributed by atoms with Crippen molar-refractivity contribution in [1.29, 1.82) is 0 Å². The van der Waals surface area contributed by atoms with Gasteiger partial charge in [-0.2, -0.15) is 12.8 Å². The zero-order valence-electron chi connectivity index (χ0n) is 6.07. The van der Waals surface area contributed by atoms with Crippen LogP contribution in [0, 0.1) is 12.3 Å². The number of hydrogen-bond acceptors (Lipinski definition) is 0. The molecule has 0 heterocycles. The molecule has 0 radical (unpaired) electrons. The molecular formula is C7H13BrMg. The van der Waals surface area contributed by atoms with Gasteiger partial charge in [-0.1, -0.05) is 25.7 Å². The molecule has 0 aromatic heterocycles. The minimum atomic E-state index is 0. The molecule has 2 heteroatoms. The van der Waals surface area contributed by atoms with Gasteiger partial charge in [-0.3, -0.25) is 0 Å². The summed E-state index contributed by atoms with van der Waals surface area (Å²) in [4.78, 5) is 0. The van der Waals surface area contributed by atoms with E-state index in [0.717, 1.165) is 5.92 Å². The van der Waals surface area contributed by atoms with Gasteiger partial charge in [0, 0.05) is 0 Å². The Hall–Kier alpha value is 1.25. The first-order chi connectivity index (χ1) is 3.43. The molecule has 1 fully saturated rings. The van der Waals surface area contributed by atoms with Gasteiger partial charge in [-0.15, -0.1) is 0 Å². The van der Waals surface area contributed by atoms with Gasteiger partial charge in [0.25, 0.3) is 0 Å². The fraction of sp³-hybridized carbons (Fsp3) is 0.857. The van der Waals surface area contributed by atoms with Gasteiger partial charge < -0.3 is 23.4 Å². The summed E-state index contributed by atoms with van der Waals surface area (Å²) in [6.07, 6.45) is 8.18. The molecule has 0 amide bonds. The van der Waals surface area contributed by atoms with Crippen LogP contribution >= 0.6 is 0 Å². The summed E-state index contributed by atoms with van der Waals surface area (Å²) in [5.41, 5.74) is 0. The van der Waals surface area contributed by atoms with Crippen molar-refractivity contribution in [2.24, 2.45) is 5.92 Å². The number of rotatable bonds is 1. The fourth-order valence-corrected chi connectivity index (χ4v) is 1.29. The minimum absolute atomic E-state index is 0. The zero-order chi connectivity index (χ0) is 5.11.